The maximum absolute atomic E-state index is 13.0. The molecule has 1 aromatic rings. The molecule has 0 aromatic carbocycles. The topological polar surface area (TPSA) is 63.3 Å². The number of carboxylic acid groups (broad SMARTS) is 1. The van der Waals surface area contributed by atoms with Crippen molar-refractivity contribution in [1.29, 1.82) is 0 Å². The summed E-state index contributed by atoms with van der Waals surface area (Å²) in [6.45, 7) is 0. The van der Waals surface area contributed by atoms with Crippen molar-refractivity contribution in [2.75, 3.05) is 0 Å². The van der Waals surface area contributed by atoms with E-state index in [1.165, 1.54) is 0 Å². The van der Waals surface area contributed by atoms with Gasteiger partial charge in [0.25, 0.3) is 5.89 Å². The van der Waals surface area contributed by atoms with Gasteiger partial charge in [-0.2, -0.15) is 8.78 Å². The summed E-state index contributed by atoms with van der Waals surface area (Å²) >= 11 is 0. The molecule has 0 saturated heterocycles. The highest BCUT2D eigenvalue weighted by Gasteiger charge is 2.47. The zero-order chi connectivity index (χ0) is 11.1. The second kappa shape index (κ2) is 3.29. The Morgan fingerprint density at radius 2 is 2.07 bits per heavy atom. The molecule has 0 unspecified atom stereocenters. The van der Waals surface area contributed by atoms with E-state index >= 15 is 0 Å². The fourth-order valence-corrected chi connectivity index (χ4v) is 1.58. The predicted molar refractivity (Wildman–Crippen MR) is 44.7 cm³/mol. The summed E-state index contributed by atoms with van der Waals surface area (Å²) in [7, 11) is 0. The SMILES string of the molecule is O=C(O)C(F)(F)c1nc2c(o1)CCCC2. The van der Waals surface area contributed by atoms with E-state index in [1.54, 1.807) is 0 Å². The van der Waals surface area contributed by atoms with Gasteiger partial charge in [0.2, 0.25) is 0 Å². The molecule has 0 spiro atoms. The van der Waals surface area contributed by atoms with Gasteiger partial charge < -0.3 is 9.52 Å². The van der Waals surface area contributed by atoms with Gasteiger partial charge in [-0.05, 0) is 19.3 Å². The Morgan fingerprint density at radius 3 is 2.67 bits per heavy atom. The Morgan fingerprint density at radius 1 is 1.40 bits per heavy atom. The van der Waals surface area contributed by atoms with Crippen LogP contribution in [0.5, 0.6) is 0 Å². The molecule has 15 heavy (non-hydrogen) atoms. The van der Waals surface area contributed by atoms with Crippen molar-refractivity contribution in [2.45, 2.75) is 31.6 Å². The Hall–Kier alpha value is -1.46. The molecule has 0 fully saturated rings. The van der Waals surface area contributed by atoms with Crippen molar-refractivity contribution in [3.05, 3.63) is 17.3 Å². The van der Waals surface area contributed by atoms with E-state index in [2.05, 4.69) is 4.98 Å². The normalized spacial score (nSPS) is 16.1. The molecule has 1 N–H and O–H groups in total. The number of fused-ring (bicyclic) bond motifs is 1. The molecular formula is C9H9F2NO3. The summed E-state index contributed by atoms with van der Waals surface area (Å²) in [6.07, 6.45) is 2.87. The van der Waals surface area contributed by atoms with Crippen LogP contribution in [0.25, 0.3) is 0 Å². The quantitative estimate of drug-likeness (QED) is 0.819. The van der Waals surface area contributed by atoms with Crippen LogP contribution < -0.4 is 0 Å². The maximum Gasteiger partial charge on any atom is 0.416 e. The van der Waals surface area contributed by atoms with Crippen molar-refractivity contribution in [3.63, 3.8) is 0 Å². The van der Waals surface area contributed by atoms with Crippen molar-refractivity contribution in [2.24, 2.45) is 0 Å². The van der Waals surface area contributed by atoms with Gasteiger partial charge in [-0.25, -0.2) is 9.78 Å². The number of halogens is 2. The van der Waals surface area contributed by atoms with E-state index in [-0.39, 0.29) is 0 Å². The van der Waals surface area contributed by atoms with Crippen molar-refractivity contribution >= 4 is 5.97 Å². The highest BCUT2D eigenvalue weighted by Crippen LogP contribution is 2.31. The fraction of sp³-hybridized carbons (Fsp3) is 0.556. The Bertz CT molecular complexity index is 377. The van der Waals surface area contributed by atoms with Crippen LogP contribution in [0.15, 0.2) is 4.42 Å². The Kier molecular flexibility index (Phi) is 2.21. The highest BCUT2D eigenvalue weighted by molar-refractivity contribution is 5.75. The van der Waals surface area contributed by atoms with E-state index in [1.807, 2.05) is 0 Å². The van der Waals surface area contributed by atoms with Gasteiger partial charge in [0.15, 0.2) is 0 Å². The molecule has 0 saturated carbocycles. The second-order valence-corrected chi connectivity index (χ2v) is 3.48. The molecular weight excluding hydrogens is 208 g/mol. The molecule has 6 heteroatoms. The number of aromatic nitrogens is 1. The summed E-state index contributed by atoms with van der Waals surface area (Å²) in [5.74, 6) is -6.86. The zero-order valence-corrected chi connectivity index (χ0v) is 7.80. The molecule has 0 bridgehead atoms. The van der Waals surface area contributed by atoms with Crippen LogP contribution in [0, 0.1) is 0 Å². The largest absolute Gasteiger partial charge is 0.476 e. The summed E-state index contributed by atoms with van der Waals surface area (Å²) < 4.78 is 30.8. The maximum atomic E-state index is 13.0. The lowest BCUT2D eigenvalue weighted by molar-refractivity contribution is -0.169. The summed E-state index contributed by atoms with van der Waals surface area (Å²) in [5, 5.41) is 8.31. The molecule has 1 aliphatic carbocycles. The highest BCUT2D eigenvalue weighted by atomic mass is 19.3. The summed E-state index contributed by atoms with van der Waals surface area (Å²) in [5.41, 5.74) is 0.470. The first kappa shape index (κ1) is 10.1. The number of rotatable bonds is 2. The van der Waals surface area contributed by atoms with Gasteiger partial charge in [-0.1, -0.05) is 0 Å². The third-order valence-corrected chi connectivity index (χ3v) is 2.38. The number of carbonyl (C=O) groups is 1. The number of carboxylic acids is 1. The van der Waals surface area contributed by atoms with Gasteiger partial charge in [-0.15, -0.1) is 0 Å². The number of nitrogens with zero attached hydrogens (tertiary/aromatic N) is 1. The van der Waals surface area contributed by atoms with Gasteiger partial charge in [0.05, 0.1) is 5.69 Å². The smallest absolute Gasteiger partial charge is 0.416 e. The lowest BCUT2D eigenvalue weighted by Gasteiger charge is -2.05. The third kappa shape index (κ3) is 1.60. The molecule has 0 atom stereocenters. The van der Waals surface area contributed by atoms with Crippen LogP contribution in [0.3, 0.4) is 0 Å². The lowest BCUT2D eigenvalue weighted by Crippen LogP contribution is -2.25. The Labute approximate surface area is 83.9 Å². The first-order valence-corrected chi connectivity index (χ1v) is 4.62. The van der Waals surface area contributed by atoms with Gasteiger partial charge >= 0.3 is 11.9 Å². The van der Waals surface area contributed by atoms with Crippen LogP contribution in [0.1, 0.15) is 30.2 Å². The van der Waals surface area contributed by atoms with Crippen molar-refractivity contribution in [3.8, 4) is 0 Å². The Balaban J connectivity index is 2.37. The van der Waals surface area contributed by atoms with Gasteiger partial charge in [0, 0.05) is 6.42 Å². The minimum Gasteiger partial charge on any atom is -0.476 e. The number of aliphatic carboxylic acids is 1. The first-order chi connectivity index (χ1) is 7.01. The predicted octanol–water partition coefficient (Wildman–Crippen LogP) is 1.73. The van der Waals surface area contributed by atoms with E-state index < -0.39 is 17.8 Å². The first-order valence-electron chi connectivity index (χ1n) is 4.62. The molecule has 1 heterocycles. The zero-order valence-electron chi connectivity index (χ0n) is 7.80. The van der Waals surface area contributed by atoms with Crippen molar-refractivity contribution < 1.29 is 23.1 Å². The number of hydrogen-bond donors (Lipinski definition) is 1. The molecule has 1 aliphatic rings. The third-order valence-electron chi connectivity index (χ3n) is 2.38. The fourth-order valence-electron chi connectivity index (χ4n) is 1.58. The number of aryl methyl sites for hydroxylation is 2. The van der Waals surface area contributed by atoms with E-state index in [0.717, 1.165) is 12.8 Å². The van der Waals surface area contributed by atoms with E-state index in [9.17, 15) is 13.6 Å². The molecule has 0 aliphatic heterocycles. The number of alkyl halides is 2. The van der Waals surface area contributed by atoms with Crippen molar-refractivity contribution in [1.82, 2.24) is 4.98 Å². The average molecular weight is 217 g/mol. The van der Waals surface area contributed by atoms with Crippen LogP contribution in [-0.2, 0) is 23.6 Å². The molecule has 4 nitrogen and oxygen atoms in total. The lowest BCUT2D eigenvalue weighted by atomic mass is 10.0. The molecule has 2 rings (SSSR count). The van der Waals surface area contributed by atoms with E-state index in [0.29, 0.717) is 24.3 Å². The van der Waals surface area contributed by atoms with E-state index in [4.69, 9.17) is 9.52 Å². The number of hydrogen-bond acceptors (Lipinski definition) is 3. The number of oxazole rings is 1. The standard InChI is InChI=1S/C9H9F2NO3/c10-9(11,8(13)14)7-12-5-3-1-2-4-6(5)15-7/h1-4H2,(H,13,14). The molecule has 1 aromatic heterocycles. The monoisotopic (exact) mass is 217 g/mol. The van der Waals surface area contributed by atoms with Crippen LogP contribution in [-0.4, -0.2) is 16.1 Å². The minimum absolute atomic E-state index is 0.400. The summed E-state index contributed by atoms with van der Waals surface area (Å²) in [4.78, 5) is 13.8. The molecule has 0 amide bonds. The molecule has 82 valence electrons. The minimum atomic E-state index is -4.03. The van der Waals surface area contributed by atoms with Crippen LogP contribution >= 0.6 is 0 Å². The second-order valence-electron chi connectivity index (χ2n) is 3.48. The molecule has 0 radical (unpaired) electrons. The van der Waals surface area contributed by atoms with Crippen LogP contribution in [0.2, 0.25) is 0 Å². The van der Waals surface area contributed by atoms with Crippen LogP contribution in [0.4, 0.5) is 8.78 Å². The van der Waals surface area contributed by atoms with Gasteiger partial charge in [0.1, 0.15) is 5.76 Å². The van der Waals surface area contributed by atoms with Gasteiger partial charge in [-0.3, -0.25) is 0 Å². The average Bonchev–Trinajstić information content (AvgIpc) is 2.61. The summed E-state index contributed by atoms with van der Waals surface area (Å²) in [6, 6.07) is 0.